The average molecular weight is 1310 g/mol. The number of phenolic OH excluding ortho intramolecular Hbond substituents is 1. The summed E-state index contributed by atoms with van der Waals surface area (Å²) < 4.78 is 0. The van der Waals surface area contributed by atoms with Gasteiger partial charge in [-0.25, -0.2) is 0 Å². The van der Waals surface area contributed by atoms with Crippen molar-refractivity contribution in [1.82, 2.24) is 58.1 Å². The van der Waals surface area contributed by atoms with Gasteiger partial charge in [0.2, 0.25) is 65.0 Å². The van der Waals surface area contributed by atoms with Crippen LogP contribution in [0.5, 0.6) is 5.75 Å². The Labute approximate surface area is 556 Å². The van der Waals surface area contributed by atoms with E-state index in [0.717, 1.165) is 0 Å². The van der Waals surface area contributed by atoms with Gasteiger partial charge >= 0.3 is 0 Å². The van der Waals surface area contributed by atoms with Crippen LogP contribution in [-0.4, -0.2) is 162 Å². The number of fused-ring (bicyclic) bond motifs is 1. The molecule has 0 aliphatic carbocycles. The van der Waals surface area contributed by atoms with E-state index < -0.39 is 138 Å². The van der Waals surface area contributed by atoms with Crippen molar-refractivity contribution in [2.45, 2.75) is 185 Å². The summed E-state index contributed by atoms with van der Waals surface area (Å²) in [6, 6.07) is 18.6. The van der Waals surface area contributed by atoms with Gasteiger partial charge in [0.05, 0.1) is 6.42 Å². The van der Waals surface area contributed by atoms with E-state index in [2.05, 4.69) is 53.2 Å². The van der Waals surface area contributed by atoms with E-state index in [-0.39, 0.29) is 95.6 Å². The fourth-order valence-electron chi connectivity index (χ4n) is 11.5. The first-order chi connectivity index (χ1) is 45.6. The lowest BCUT2D eigenvalue weighted by Crippen LogP contribution is -2.62. The third kappa shape index (κ3) is 23.9. The zero-order valence-corrected chi connectivity index (χ0v) is 55.2. The summed E-state index contributed by atoms with van der Waals surface area (Å²) in [6.07, 6.45) is 0.997. The minimum Gasteiger partial charge on any atom is -0.508 e. The van der Waals surface area contributed by atoms with Crippen LogP contribution in [0.4, 0.5) is 0 Å². The lowest BCUT2D eigenvalue weighted by Gasteiger charge is -2.31. The number of aromatic hydroxyl groups is 1. The molecule has 2 aliphatic rings. The van der Waals surface area contributed by atoms with E-state index in [0.29, 0.717) is 47.9 Å². The Morgan fingerprint density at radius 1 is 0.484 bits per heavy atom. The number of amides is 11. The first-order valence-electron chi connectivity index (χ1n) is 33.2. The van der Waals surface area contributed by atoms with Crippen LogP contribution in [-0.2, 0) is 78.4 Å². The highest BCUT2D eigenvalue weighted by atomic mass is 16.3. The number of benzene rings is 4. The van der Waals surface area contributed by atoms with E-state index >= 15 is 9.59 Å². The summed E-state index contributed by atoms with van der Waals surface area (Å²) in [5.41, 5.74) is 14.3. The number of hydrogen-bond acceptors (Lipinski definition) is 14. The number of unbranched alkanes of at least 4 members (excludes halogenated alkanes) is 1. The molecule has 4 aromatic carbocycles. The minimum atomic E-state index is -1.65. The largest absolute Gasteiger partial charge is 0.508 e. The summed E-state index contributed by atoms with van der Waals surface area (Å²) in [5, 5.41) is 38.1. The summed E-state index contributed by atoms with van der Waals surface area (Å²) in [7, 11) is 0. The molecular weight excluding hydrogens is 1210 g/mol. The van der Waals surface area contributed by atoms with Gasteiger partial charge in [0.1, 0.15) is 66.2 Å². The molecule has 514 valence electrons. The molecule has 0 spiro atoms. The van der Waals surface area contributed by atoms with Gasteiger partial charge in [0, 0.05) is 38.8 Å². The topological polar surface area (TPSA) is 384 Å². The van der Waals surface area contributed by atoms with Crippen molar-refractivity contribution in [3.05, 3.63) is 138 Å². The molecule has 25 heteroatoms. The Hall–Kier alpha value is -9.23. The zero-order valence-electron chi connectivity index (χ0n) is 55.2. The van der Waals surface area contributed by atoms with Gasteiger partial charge in [0.25, 0.3) is 0 Å². The van der Waals surface area contributed by atoms with Crippen LogP contribution < -0.4 is 64.6 Å². The molecule has 25 nitrogen and oxygen atoms in total. The van der Waals surface area contributed by atoms with E-state index in [1.165, 1.54) is 29.2 Å². The van der Waals surface area contributed by atoms with Gasteiger partial charge < -0.3 is 74.6 Å². The maximum atomic E-state index is 15.3. The van der Waals surface area contributed by atoms with Gasteiger partial charge in [-0.1, -0.05) is 138 Å². The Kier molecular flexibility index (Phi) is 30.1. The van der Waals surface area contributed by atoms with Crippen LogP contribution in [0.3, 0.4) is 0 Å². The Balaban J connectivity index is 1.47. The molecule has 95 heavy (non-hydrogen) atoms. The van der Waals surface area contributed by atoms with Crippen molar-refractivity contribution in [2.24, 2.45) is 23.3 Å². The number of carbonyl (C=O) groups is 11. The highest BCUT2D eigenvalue weighted by molar-refractivity contribution is 6.00. The molecule has 0 saturated carbocycles. The second-order valence-corrected chi connectivity index (χ2v) is 25.2. The maximum Gasteiger partial charge on any atom is 0.246 e. The van der Waals surface area contributed by atoms with E-state index in [1.54, 1.807) is 119 Å². The van der Waals surface area contributed by atoms with Crippen LogP contribution >= 0.6 is 0 Å². The number of rotatable bonds is 22. The van der Waals surface area contributed by atoms with E-state index in [4.69, 9.17) is 11.5 Å². The predicted octanol–water partition coefficient (Wildman–Crippen LogP) is 1.52. The van der Waals surface area contributed by atoms with E-state index in [1.807, 2.05) is 6.92 Å². The van der Waals surface area contributed by atoms with Crippen molar-refractivity contribution in [3.8, 4) is 5.75 Å². The fraction of sp³-hybridized carbons (Fsp3) is 0.500. The normalized spacial score (nSPS) is 23.6. The fourth-order valence-corrected chi connectivity index (χ4v) is 11.5. The molecule has 2 fully saturated rings. The van der Waals surface area contributed by atoms with E-state index in [9.17, 15) is 48.3 Å². The standard InChI is InChI=1S/C70H97N13O12/c1-6-35-73-59(85)42-56-66(91)76-52(37-43(2)3)63(88)78-55(40-48-29-31-49(84)32-30-48)67(92)82-60(44(4)5)69(94)75-51(27-18-34-72)62(87)77-53(38-45-20-10-7-11-21-45)65(90)81-57(41-47-24-14-9-15-25-47)70(95)83-36-19-28-58(83)68(93)80-54(39-46-22-12-8-13-23-46)64(89)74-50(61(86)79-56)26-16-17-33-71/h7-15,20-25,29-32,43-44,50-58,60,84H,6,16-19,26-28,33-42,71-72H2,1-5H3,(H,73,85)(H,74,89)(H,75,94)(H,76,91)(H,77,87)(H,78,88)(H,79,86)(H,80,93)(H,81,90)(H,82,92)/t50-,51+,52-,53-,54-,55+,56+,57-,58+,60+/m1/s1. The maximum absolute atomic E-state index is 15.3. The molecule has 0 unspecified atom stereocenters. The number of nitrogens with zero attached hydrogens (tertiary/aromatic N) is 1. The Morgan fingerprint density at radius 3 is 1.38 bits per heavy atom. The summed E-state index contributed by atoms with van der Waals surface area (Å²) in [6.45, 7) is 9.39. The molecule has 6 rings (SSSR count). The number of carbonyl (C=O) groups excluding carboxylic acids is 11. The highest BCUT2D eigenvalue weighted by Gasteiger charge is 2.42. The number of hydrogen-bond donors (Lipinski definition) is 13. The van der Waals surface area contributed by atoms with Crippen molar-refractivity contribution >= 4 is 65.0 Å². The van der Waals surface area contributed by atoms with Crippen LogP contribution in [0.2, 0.25) is 0 Å². The van der Waals surface area contributed by atoms with Gasteiger partial charge in [-0.15, -0.1) is 0 Å². The monoisotopic (exact) mass is 1310 g/mol. The number of phenols is 1. The smallest absolute Gasteiger partial charge is 0.246 e. The van der Waals surface area contributed by atoms with Crippen molar-refractivity contribution < 1.29 is 57.8 Å². The third-order valence-corrected chi connectivity index (χ3v) is 16.7. The summed E-state index contributed by atoms with van der Waals surface area (Å²) in [5.74, 6) is -9.60. The molecule has 2 saturated heterocycles. The molecule has 0 bridgehead atoms. The molecule has 15 N–H and O–H groups in total. The molecule has 2 heterocycles. The molecular formula is C70H97N13O12. The Bertz CT molecular complexity index is 3200. The zero-order chi connectivity index (χ0) is 69.0. The quantitative estimate of drug-likeness (QED) is 0.0497. The van der Waals surface area contributed by atoms with Gasteiger partial charge in [-0.3, -0.25) is 52.7 Å². The summed E-state index contributed by atoms with van der Waals surface area (Å²) >= 11 is 0. The second-order valence-electron chi connectivity index (χ2n) is 25.2. The van der Waals surface area contributed by atoms with Gasteiger partial charge in [-0.05, 0) is 117 Å². The second kappa shape index (κ2) is 38.2. The van der Waals surface area contributed by atoms with Crippen LogP contribution in [0.25, 0.3) is 0 Å². The number of nitrogens with two attached hydrogens (primary N) is 2. The SMILES string of the molecule is CCCNC(=O)C[C@@H]1NC(=O)[C@@H](CCCCN)NC(=O)[C@@H](Cc2ccccc2)NC(=O)[C@@H]2CCCN2C(=O)[C@@H](Cc2ccccc2)NC(=O)[C@@H](Cc2ccccc2)NC(=O)[C@H](CCCN)NC(=O)[C@H](C(C)C)NC(=O)[C@H](Cc2ccc(O)cc2)NC(=O)[C@@H](CC(C)C)NC1=O. The molecule has 0 aromatic heterocycles. The van der Waals surface area contributed by atoms with Gasteiger partial charge in [0.15, 0.2) is 0 Å². The van der Waals surface area contributed by atoms with Crippen molar-refractivity contribution in [2.75, 3.05) is 26.2 Å². The first kappa shape index (κ1) is 74.8. The van der Waals surface area contributed by atoms with Crippen LogP contribution in [0.1, 0.15) is 121 Å². The minimum absolute atomic E-state index is 0.0104. The molecule has 11 amide bonds. The summed E-state index contributed by atoms with van der Waals surface area (Å²) in [4.78, 5) is 164. The molecule has 2 aliphatic heterocycles. The average Bonchev–Trinajstić information content (AvgIpc) is 1.79. The lowest BCUT2D eigenvalue weighted by molar-refractivity contribution is -0.142. The lowest BCUT2D eigenvalue weighted by atomic mass is 9.98. The Morgan fingerprint density at radius 2 is 0.884 bits per heavy atom. The molecule has 0 radical (unpaired) electrons. The van der Waals surface area contributed by atoms with Gasteiger partial charge in [-0.2, -0.15) is 0 Å². The van der Waals surface area contributed by atoms with Crippen LogP contribution in [0.15, 0.2) is 115 Å². The predicted molar refractivity (Wildman–Crippen MR) is 358 cm³/mol. The first-order valence-corrected chi connectivity index (χ1v) is 33.2. The highest BCUT2D eigenvalue weighted by Crippen LogP contribution is 2.22. The van der Waals surface area contributed by atoms with Crippen LogP contribution in [0, 0.1) is 11.8 Å². The van der Waals surface area contributed by atoms with Crippen molar-refractivity contribution in [1.29, 1.82) is 0 Å². The molecule has 4 aromatic rings. The molecule has 10 atom stereocenters. The van der Waals surface area contributed by atoms with Crippen molar-refractivity contribution in [3.63, 3.8) is 0 Å². The third-order valence-electron chi connectivity index (χ3n) is 16.7. The number of nitrogens with one attached hydrogen (secondary N) is 10.